The minimum Gasteiger partial charge on any atom is -0.376 e. The molecule has 1 atom stereocenters. The molecule has 0 bridgehead atoms. The highest BCUT2D eigenvalue weighted by molar-refractivity contribution is 7.60. The van der Waals surface area contributed by atoms with Gasteiger partial charge in [0, 0.05) is 25.8 Å². The van der Waals surface area contributed by atoms with Crippen LogP contribution in [-0.4, -0.2) is 52.2 Å². The van der Waals surface area contributed by atoms with Gasteiger partial charge < -0.3 is 29.3 Å². The molecule has 3 N–H and O–H groups in total. The number of amides is 2. The SMILES string of the molecule is CCCCCCNC(=O)N(CCc1ccc(C(O)[P]2(O)OCCO2)nc1)Cc1ccc(-c2ccccc2C(F)(F)F)cc1. The number of halogens is 3. The van der Waals surface area contributed by atoms with Crippen LogP contribution in [0.4, 0.5) is 18.0 Å². The maximum atomic E-state index is 13.5. The molecule has 1 aliphatic rings. The molecule has 1 unspecified atom stereocenters. The summed E-state index contributed by atoms with van der Waals surface area (Å²) in [6, 6.07) is 15.4. The van der Waals surface area contributed by atoms with Crippen LogP contribution >= 0.6 is 7.94 Å². The number of nitrogens with zero attached hydrogens (tertiary/aromatic N) is 2. The monoisotopic (exact) mass is 620 g/mol. The van der Waals surface area contributed by atoms with Crippen molar-refractivity contribution in [3.8, 4) is 11.1 Å². The second kappa shape index (κ2) is 15.1. The largest absolute Gasteiger partial charge is 0.417 e. The summed E-state index contributed by atoms with van der Waals surface area (Å²) in [4.78, 5) is 29.5. The Kier molecular flexibility index (Phi) is 11.5. The topological polar surface area (TPSA) is 104 Å². The fourth-order valence-electron chi connectivity index (χ4n) is 4.79. The molecule has 2 amide bonds. The van der Waals surface area contributed by atoms with Crippen molar-refractivity contribution in [3.63, 3.8) is 0 Å². The summed E-state index contributed by atoms with van der Waals surface area (Å²) in [6.07, 6.45) is 1.66. The summed E-state index contributed by atoms with van der Waals surface area (Å²) in [7, 11) is -3.41. The van der Waals surface area contributed by atoms with Crippen LogP contribution in [0.2, 0.25) is 0 Å². The average Bonchev–Trinajstić information content (AvgIpc) is 3.46. The van der Waals surface area contributed by atoms with E-state index in [1.54, 1.807) is 53.6 Å². The summed E-state index contributed by atoms with van der Waals surface area (Å²) >= 11 is 0. The molecule has 3 aromatic rings. The molecule has 4 rings (SSSR count). The molecule has 0 spiro atoms. The quantitative estimate of drug-likeness (QED) is 0.142. The van der Waals surface area contributed by atoms with Gasteiger partial charge in [0.1, 0.15) is 0 Å². The van der Waals surface area contributed by atoms with E-state index in [4.69, 9.17) is 9.05 Å². The standard InChI is InChI=1S/C31H38F3N3O5P/c1-2-3-4-7-17-35-30(39)37(18-16-23-12-15-28(36-21-23)29(38)43(40)41-19-20-42-43)22-24-10-13-25(14-11-24)26-8-5-6-9-27(26)31(32,33)34/h5-6,8-15,21,29,38,40H,2-4,7,16-20,22H2,1H3,(H,35,39). The van der Waals surface area contributed by atoms with Gasteiger partial charge in [-0.05, 0) is 47.2 Å². The summed E-state index contributed by atoms with van der Waals surface area (Å²) in [5.74, 6) is -1.37. The number of aromatic nitrogens is 1. The Morgan fingerprint density at radius 2 is 1.72 bits per heavy atom. The van der Waals surface area contributed by atoms with Crippen molar-refractivity contribution in [1.82, 2.24) is 15.2 Å². The van der Waals surface area contributed by atoms with Gasteiger partial charge in [-0.15, -0.1) is 0 Å². The fraction of sp³-hybridized carbons (Fsp3) is 0.419. The highest BCUT2D eigenvalue weighted by Gasteiger charge is 2.42. The van der Waals surface area contributed by atoms with Gasteiger partial charge in [-0.2, -0.15) is 13.2 Å². The molecular formula is C31H38F3N3O5P. The van der Waals surface area contributed by atoms with Crippen LogP contribution in [0.25, 0.3) is 11.1 Å². The zero-order valence-electron chi connectivity index (χ0n) is 24.1. The third-order valence-electron chi connectivity index (χ3n) is 7.19. The first kappa shape index (κ1) is 32.8. The molecule has 0 aliphatic carbocycles. The molecule has 1 radical (unpaired) electrons. The van der Waals surface area contributed by atoms with E-state index in [0.717, 1.165) is 42.9 Å². The first-order valence-corrected chi connectivity index (χ1v) is 16.1. The summed E-state index contributed by atoms with van der Waals surface area (Å²) in [5, 5.41) is 13.5. The molecule has 43 heavy (non-hydrogen) atoms. The van der Waals surface area contributed by atoms with Gasteiger partial charge in [0.15, 0.2) is 5.85 Å². The van der Waals surface area contributed by atoms with Crippen molar-refractivity contribution < 1.29 is 37.0 Å². The molecule has 233 valence electrons. The van der Waals surface area contributed by atoms with Gasteiger partial charge in [-0.25, -0.2) is 4.79 Å². The van der Waals surface area contributed by atoms with Crippen molar-refractivity contribution >= 4 is 14.0 Å². The van der Waals surface area contributed by atoms with E-state index in [9.17, 15) is 28.0 Å². The van der Waals surface area contributed by atoms with Gasteiger partial charge in [0.2, 0.25) is 0 Å². The lowest BCUT2D eigenvalue weighted by molar-refractivity contribution is -0.137. The molecule has 0 saturated carbocycles. The lowest BCUT2D eigenvalue weighted by Crippen LogP contribution is -2.41. The maximum absolute atomic E-state index is 13.5. The predicted octanol–water partition coefficient (Wildman–Crippen LogP) is 6.89. The van der Waals surface area contributed by atoms with E-state index in [1.165, 1.54) is 12.1 Å². The molecule has 8 nitrogen and oxygen atoms in total. The average molecular weight is 621 g/mol. The Morgan fingerprint density at radius 1 is 1.02 bits per heavy atom. The lowest BCUT2D eigenvalue weighted by atomic mass is 9.98. The van der Waals surface area contributed by atoms with Gasteiger partial charge in [0.05, 0.1) is 24.5 Å². The van der Waals surface area contributed by atoms with Gasteiger partial charge >= 0.3 is 12.2 Å². The van der Waals surface area contributed by atoms with Gasteiger partial charge in [0.25, 0.3) is 7.94 Å². The maximum Gasteiger partial charge on any atom is 0.417 e. The Hall–Kier alpha value is -3.08. The van der Waals surface area contributed by atoms with Crippen molar-refractivity contribution in [1.29, 1.82) is 0 Å². The van der Waals surface area contributed by atoms with E-state index < -0.39 is 25.5 Å². The number of pyridine rings is 1. The number of carbonyl (C=O) groups excluding carboxylic acids is 1. The van der Waals surface area contributed by atoms with Crippen molar-refractivity contribution in [2.75, 3.05) is 26.3 Å². The third-order valence-corrected chi connectivity index (χ3v) is 9.18. The number of rotatable bonds is 13. The second-order valence-corrected chi connectivity index (χ2v) is 12.5. The number of urea groups is 1. The first-order chi connectivity index (χ1) is 20.6. The number of carbonyl (C=O) groups is 1. The van der Waals surface area contributed by atoms with Crippen molar-refractivity contribution in [3.05, 3.63) is 89.2 Å². The number of nitrogens with one attached hydrogen (secondary N) is 1. The van der Waals surface area contributed by atoms with Crippen LogP contribution in [0.3, 0.4) is 0 Å². The van der Waals surface area contributed by atoms with Crippen LogP contribution < -0.4 is 5.32 Å². The Balaban J connectivity index is 1.44. The Morgan fingerprint density at radius 3 is 2.37 bits per heavy atom. The molecule has 2 aromatic carbocycles. The lowest BCUT2D eigenvalue weighted by Gasteiger charge is -2.26. The highest BCUT2D eigenvalue weighted by atomic mass is 31.2. The molecule has 1 fully saturated rings. The number of hydrogen-bond acceptors (Lipinski definition) is 6. The van der Waals surface area contributed by atoms with Gasteiger partial charge in [-0.1, -0.05) is 74.7 Å². The molecule has 1 aromatic heterocycles. The van der Waals surface area contributed by atoms with E-state index >= 15 is 0 Å². The fourth-order valence-corrected chi connectivity index (χ4v) is 6.30. The van der Waals surface area contributed by atoms with Crippen LogP contribution in [0, 0.1) is 0 Å². The molecule has 1 aliphatic heterocycles. The summed E-state index contributed by atoms with van der Waals surface area (Å²) < 4.78 is 51.0. The summed E-state index contributed by atoms with van der Waals surface area (Å²) in [5.41, 5.74) is 1.67. The Labute approximate surface area is 250 Å². The number of unbranched alkanes of at least 4 members (excludes halogenated alkanes) is 3. The van der Waals surface area contributed by atoms with Crippen LogP contribution in [0.15, 0.2) is 66.9 Å². The van der Waals surface area contributed by atoms with Crippen molar-refractivity contribution in [2.45, 2.75) is 57.6 Å². The zero-order chi connectivity index (χ0) is 30.9. The number of benzene rings is 2. The first-order valence-electron chi connectivity index (χ1n) is 14.4. The number of aliphatic hydroxyl groups is 1. The van der Waals surface area contributed by atoms with Crippen LogP contribution in [-0.2, 0) is 28.2 Å². The minimum absolute atomic E-state index is 0.101. The molecular weight excluding hydrogens is 582 g/mol. The number of alkyl halides is 3. The van der Waals surface area contributed by atoms with E-state index in [0.29, 0.717) is 25.1 Å². The molecule has 2 heterocycles. The third kappa shape index (κ3) is 8.97. The van der Waals surface area contributed by atoms with E-state index in [1.807, 2.05) is 0 Å². The molecule has 12 heteroatoms. The van der Waals surface area contributed by atoms with Crippen LogP contribution in [0.5, 0.6) is 0 Å². The highest BCUT2D eigenvalue weighted by Crippen LogP contribution is 2.69. The predicted molar refractivity (Wildman–Crippen MR) is 159 cm³/mol. The smallest absolute Gasteiger partial charge is 0.376 e. The van der Waals surface area contributed by atoms with Crippen LogP contribution in [0.1, 0.15) is 60.8 Å². The number of aliphatic hydroxyl groups excluding tert-OH is 1. The summed E-state index contributed by atoms with van der Waals surface area (Å²) in [6.45, 7) is 3.70. The van der Waals surface area contributed by atoms with E-state index in [-0.39, 0.29) is 37.0 Å². The second-order valence-electron chi connectivity index (χ2n) is 10.4. The zero-order valence-corrected chi connectivity index (χ0v) is 25.0. The normalized spacial score (nSPS) is 15.3. The number of hydrogen-bond donors (Lipinski definition) is 3. The van der Waals surface area contributed by atoms with Gasteiger partial charge in [-0.3, -0.25) is 4.98 Å². The Bertz CT molecular complexity index is 1320. The van der Waals surface area contributed by atoms with Crippen molar-refractivity contribution in [2.24, 2.45) is 0 Å². The minimum atomic E-state index is -4.47. The molecule has 1 saturated heterocycles. The van der Waals surface area contributed by atoms with E-state index in [2.05, 4.69) is 17.2 Å².